The maximum Gasteiger partial charge on any atom is 1.00 e. The number of nitrogens with one attached hydrogen (secondary N) is 1. The van der Waals surface area contributed by atoms with E-state index >= 15 is 0 Å². The summed E-state index contributed by atoms with van der Waals surface area (Å²) >= 11 is 0. The number of rotatable bonds is 3. The number of hydrogen-bond acceptors (Lipinski definition) is 6. The largest absolute Gasteiger partial charge is 1.00 e. The summed E-state index contributed by atoms with van der Waals surface area (Å²) in [5.41, 5.74) is 4.92. The van der Waals surface area contributed by atoms with Gasteiger partial charge < -0.3 is 51.4 Å². The van der Waals surface area contributed by atoms with E-state index in [0.717, 1.165) is 4.90 Å². The van der Waals surface area contributed by atoms with E-state index in [1.807, 2.05) is 0 Å². The fourth-order valence-corrected chi connectivity index (χ4v) is 0.740. The first-order valence-corrected chi connectivity index (χ1v) is 4.48. The Morgan fingerprint density at radius 3 is 1.79 bits per heavy atom. The molecule has 0 saturated carbocycles. The van der Waals surface area contributed by atoms with Gasteiger partial charge in [-0.25, -0.2) is 4.79 Å². The van der Waals surface area contributed by atoms with E-state index < -0.39 is 26.3 Å². The molecule has 0 unspecified atom stereocenters. The van der Waals surface area contributed by atoms with Gasteiger partial charge in [0.25, 0.3) is 0 Å². The minimum atomic E-state index is -5.30. The molecule has 0 aliphatic heterocycles. The molecule has 0 atom stereocenters. The third kappa shape index (κ3) is 27.8. The van der Waals surface area contributed by atoms with Crippen LogP contribution < -0.4 is 74.6 Å². The van der Waals surface area contributed by atoms with Crippen molar-refractivity contribution < 1.29 is 105 Å². The average molecular weight is 327 g/mol. The van der Waals surface area contributed by atoms with Gasteiger partial charge in [-0.05, 0) is 0 Å². The molecule has 0 radical (unpaired) electrons. The third-order valence-electron chi connectivity index (χ3n) is 0.991. The Bertz CT molecular complexity index is 274. The van der Waals surface area contributed by atoms with Crippen LogP contribution in [-0.4, -0.2) is 52.3 Å². The first-order chi connectivity index (χ1) is 5.72. The third-order valence-corrected chi connectivity index (χ3v) is 1.42. The standard InChI is InChI=1S/C4H10N3O5P.2Na.4H2O/c1-7(4(5)6)2-3(8)12-13(9,10)11;;;;;;/h2H2,1H3,(H3,5,6)(H2,9,10,11);;;4*1H2/q;2*+1;;;;/p-2. The summed E-state index contributed by atoms with van der Waals surface area (Å²) in [4.78, 5) is 31.3. The quantitative estimate of drug-likeness (QED) is 0.218. The van der Waals surface area contributed by atoms with Gasteiger partial charge in [0.05, 0.1) is 0 Å². The maximum atomic E-state index is 10.6. The summed E-state index contributed by atoms with van der Waals surface area (Å²) < 4.78 is 13.4. The normalized spacial score (nSPS) is 7.32. The zero-order valence-corrected chi connectivity index (χ0v) is 15.6. The Morgan fingerprint density at radius 2 is 1.58 bits per heavy atom. The number of nitrogens with zero attached hydrogens (tertiary/aromatic N) is 1. The van der Waals surface area contributed by atoms with E-state index in [1.54, 1.807) is 0 Å². The van der Waals surface area contributed by atoms with E-state index in [2.05, 4.69) is 4.52 Å². The van der Waals surface area contributed by atoms with Gasteiger partial charge in [0.1, 0.15) is 14.4 Å². The number of carbonyl (C=O) groups is 1. The van der Waals surface area contributed by atoms with Crippen molar-refractivity contribution in [1.82, 2.24) is 4.90 Å². The van der Waals surface area contributed by atoms with Crippen LogP contribution >= 0.6 is 7.82 Å². The van der Waals surface area contributed by atoms with Crippen molar-refractivity contribution in [3.63, 3.8) is 0 Å². The van der Waals surface area contributed by atoms with Crippen molar-refractivity contribution in [2.24, 2.45) is 5.73 Å². The number of likely N-dealkylation sites (N-methyl/N-ethyl adjacent to an activating group) is 1. The SMILES string of the molecule is CN(CC(=O)OP(=O)([O-])[O-])C(=N)N.O.O.O.O.[Na+].[Na+]. The second-order valence-electron chi connectivity index (χ2n) is 2.15. The van der Waals surface area contributed by atoms with Crippen LogP contribution in [0, 0.1) is 5.41 Å². The van der Waals surface area contributed by atoms with Crippen LogP contribution in [0.15, 0.2) is 0 Å². The first kappa shape index (κ1) is 42.7. The Kier molecular flexibility index (Phi) is 42.1. The number of guanidine groups is 1. The summed E-state index contributed by atoms with van der Waals surface area (Å²) in [7, 11) is -4.03. The molecule has 0 aromatic rings. The summed E-state index contributed by atoms with van der Waals surface area (Å²) in [6, 6.07) is 0. The summed E-state index contributed by atoms with van der Waals surface area (Å²) in [6.45, 7) is -0.566. The van der Waals surface area contributed by atoms with Crippen LogP contribution in [0.3, 0.4) is 0 Å². The van der Waals surface area contributed by atoms with Crippen molar-refractivity contribution >= 4 is 19.8 Å². The Morgan fingerprint density at radius 1 is 1.26 bits per heavy atom. The molecule has 0 aliphatic rings. The summed E-state index contributed by atoms with van der Waals surface area (Å²) in [6.07, 6.45) is 0. The van der Waals surface area contributed by atoms with E-state index in [1.165, 1.54) is 7.05 Å². The Balaban J connectivity index is -0.0000000480. The molecule has 0 bridgehead atoms. The van der Waals surface area contributed by atoms with E-state index in [9.17, 15) is 19.1 Å². The molecule has 0 aromatic heterocycles. The molecule has 12 nitrogen and oxygen atoms in total. The van der Waals surface area contributed by atoms with Gasteiger partial charge in [0.15, 0.2) is 5.96 Å². The van der Waals surface area contributed by atoms with Crippen LogP contribution in [0.5, 0.6) is 0 Å². The fourth-order valence-electron chi connectivity index (χ4n) is 0.432. The van der Waals surface area contributed by atoms with Crippen LogP contribution in [0.1, 0.15) is 0 Å². The zero-order chi connectivity index (χ0) is 10.6. The number of carbonyl (C=O) groups excluding carboxylic acids is 1. The maximum absolute atomic E-state index is 10.6. The molecule has 0 aliphatic carbocycles. The summed E-state index contributed by atoms with van der Waals surface area (Å²) in [5, 5.41) is 6.80. The molecule has 11 N–H and O–H groups in total. The molecule has 15 heteroatoms. The molecule has 0 heterocycles. The average Bonchev–Trinajstić information content (AvgIpc) is 1.81. The molecule has 0 aromatic carbocycles. The fraction of sp³-hybridized carbons (Fsp3) is 0.500. The van der Waals surface area contributed by atoms with E-state index in [4.69, 9.17) is 11.1 Å². The van der Waals surface area contributed by atoms with Crippen molar-refractivity contribution in [2.45, 2.75) is 0 Å². The second kappa shape index (κ2) is 18.7. The van der Waals surface area contributed by atoms with Gasteiger partial charge >= 0.3 is 65.1 Å². The molecule has 19 heavy (non-hydrogen) atoms. The predicted molar refractivity (Wildman–Crippen MR) is 52.7 cm³/mol. The van der Waals surface area contributed by atoms with Crippen molar-refractivity contribution in [3.05, 3.63) is 0 Å². The molecular formula is C4H16N3Na2O9P. The number of hydrogen-bond donors (Lipinski definition) is 2. The first-order valence-electron chi connectivity index (χ1n) is 3.02. The molecule has 0 saturated heterocycles. The minimum Gasteiger partial charge on any atom is -0.780 e. The molecule has 0 spiro atoms. The van der Waals surface area contributed by atoms with E-state index in [-0.39, 0.29) is 81.0 Å². The van der Waals surface area contributed by atoms with Gasteiger partial charge in [0.2, 0.25) is 0 Å². The molecule has 0 amide bonds. The van der Waals surface area contributed by atoms with E-state index in [0.29, 0.717) is 0 Å². The predicted octanol–water partition coefficient (Wildman–Crippen LogP) is -12.1. The zero-order valence-electron chi connectivity index (χ0n) is 10.7. The molecule has 108 valence electrons. The molecule has 0 rings (SSSR count). The second-order valence-corrected chi connectivity index (χ2v) is 3.23. The van der Waals surface area contributed by atoms with Crippen molar-refractivity contribution in [3.8, 4) is 0 Å². The monoisotopic (exact) mass is 327 g/mol. The van der Waals surface area contributed by atoms with Gasteiger partial charge in [-0.15, -0.1) is 0 Å². The molecule has 0 fully saturated rings. The topological polar surface area (TPSA) is 269 Å². The van der Waals surface area contributed by atoms with Crippen LogP contribution in [0.2, 0.25) is 0 Å². The smallest absolute Gasteiger partial charge is 0.780 e. The van der Waals surface area contributed by atoms with Crippen molar-refractivity contribution in [2.75, 3.05) is 13.6 Å². The molecular weight excluding hydrogens is 311 g/mol. The van der Waals surface area contributed by atoms with Gasteiger partial charge in [0, 0.05) is 7.05 Å². The number of phosphoric acid groups is 1. The van der Waals surface area contributed by atoms with Gasteiger partial charge in [-0.2, -0.15) is 0 Å². The van der Waals surface area contributed by atoms with Gasteiger partial charge in [-0.3, -0.25) is 5.41 Å². The number of nitrogens with two attached hydrogens (primary N) is 1. The summed E-state index contributed by atoms with van der Waals surface area (Å²) in [5.74, 6) is -1.71. The van der Waals surface area contributed by atoms with Crippen LogP contribution in [0.4, 0.5) is 0 Å². The van der Waals surface area contributed by atoms with Crippen LogP contribution in [-0.2, 0) is 13.9 Å². The van der Waals surface area contributed by atoms with Crippen LogP contribution in [0.25, 0.3) is 0 Å². The minimum absolute atomic E-state index is 0. The Hall–Kier alpha value is 0.730. The Labute approximate surface area is 153 Å². The van der Waals surface area contributed by atoms with Gasteiger partial charge in [-0.1, -0.05) is 0 Å². The number of phosphoric ester groups is 1. The van der Waals surface area contributed by atoms with Crippen molar-refractivity contribution in [1.29, 1.82) is 5.41 Å².